The van der Waals surface area contributed by atoms with E-state index in [1.165, 1.54) is 17.5 Å². The lowest BCUT2D eigenvalue weighted by Gasteiger charge is -2.20. The molecule has 17 heavy (non-hydrogen) atoms. The highest BCUT2D eigenvalue weighted by Crippen LogP contribution is 2.17. The minimum absolute atomic E-state index is 0.544. The van der Waals surface area contributed by atoms with Crippen molar-refractivity contribution in [3.8, 4) is 0 Å². The van der Waals surface area contributed by atoms with Crippen LogP contribution in [0.5, 0.6) is 0 Å². The molecule has 0 radical (unpaired) electrons. The van der Waals surface area contributed by atoms with Gasteiger partial charge in [0.25, 0.3) is 0 Å². The quantitative estimate of drug-likeness (QED) is 0.844. The van der Waals surface area contributed by atoms with Gasteiger partial charge < -0.3 is 10.1 Å². The van der Waals surface area contributed by atoms with Gasteiger partial charge in [-0.25, -0.2) is 0 Å². The molecule has 0 aliphatic carbocycles. The molecule has 2 rings (SSSR count). The molecule has 1 saturated heterocycles. The summed E-state index contributed by atoms with van der Waals surface area (Å²) in [6, 6.07) is 9.24. The Balaban J connectivity index is 1.88. The first-order chi connectivity index (χ1) is 8.31. The Bertz CT molecular complexity index is 345. The van der Waals surface area contributed by atoms with E-state index in [9.17, 15) is 0 Å². The predicted molar refractivity (Wildman–Crippen MR) is 71.0 cm³/mol. The number of benzene rings is 1. The van der Waals surface area contributed by atoms with Crippen LogP contribution in [0, 0.1) is 5.92 Å². The molecule has 0 spiro atoms. The average Bonchev–Trinajstić information content (AvgIpc) is 2.90. The highest BCUT2D eigenvalue weighted by molar-refractivity contribution is 5.26. The second-order valence-electron chi connectivity index (χ2n) is 4.92. The monoisotopic (exact) mass is 233 g/mol. The zero-order valence-corrected chi connectivity index (χ0v) is 10.9. The van der Waals surface area contributed by atoms with Gasteiger partial charge in [0.15, 0.2) is 0 Å². The summed E-state index contributed by atoms with van der Waals surface area (Å²) in [5.41, 5.74) is 2.88. The summed E-state index contributed by atoms with van der Waals surface area (Å²) < 4.78 is 5.44. The molecular formula is C15H23NO. The van der Waals surface area contributed by atoms with E-state index in [-0.39, 0.29) is 0 Å². The van der Waals surface area contributed by atoms with Crippen LogP contribution in [0.3, 0.4) is 0 Å². The first-order valence-electron chi connectivity index (χ1n) is 6.69. The van der Waals surface area contributed by atoms with E-state index < -0.39 is 0 Å². The van der Waals surface area contributed by atoms with Crippen LogP contribution in [0.15, 0.2) is 24.3 Å². The summed E-state index contributed by atoms with van der Waals surface area (Å²) in [5.74, 6) is 0.684. The van der Waals surface area contributed by atoms with Crippen molar-refractivity contribution in [3.05, 3.63) is 35.4 Å². The van der Waals surface area contributed by atoms with E-state index in [4.69, 9.17) is 4.74 Å². The molecular weight excluding hydrogens is 210 g/mol. The topological polar surface area (TPSA) is 21.3 Å². The molecule has 1 N–H and O–H groups in total. The zero-order chi connectivity index (χ0) is 12.1. The van der Waals surface area contributed by atoms with Crippen molar-refractivity contribution in [1.82, 2.24) is 5.32 Å². The van der Waals surface area contributed by atoms with Gasteiger partial charge in [-0.05, 0) is 36.8 Å². The fourth-order valence-electron chi connectivity index (χ4n) is 2.46. The molecule has 1 aliphatic rings. The molecule has 0 aromatic heterocycles. The van der Waals surface area contributed by atoms with Crippen LogP contribution in [-0.2, 0) is 17.7 Å². The molecule has 2 nitrogen and oxygen atoms in total. The lowest BCUT2D eigenvalue weighted by molar-refractivity contribution is 0.178. The number of ether oxygens (including phenoxy) is 1. The van der Waals surface area contributed by atoms with E-state index in [1.54, 1.807) is 0 Å². The summed E-state index contributed by atoms with van der Waals surface area (Å²) in [6.45, 7) is 7.31. The van der Waals surface area contributed by atoms with Gasteiger partial charge in [0.1, 0.15) is 0 Å². The first kappa shape index (κ1) is 12.6. The predicted octanol–water partition coefficient (Wildman–Crippen LogP) is 2.76. The first-order valence-corrected chi connectivity index (χ1v) is 6.69. The minimum atomic E-state index is 0.544. The molecule has 0 bridgehead atoms. The Kier molecular flexibility index (Phi) is 4.57. The van der Waals surface area contributed by atoms with Crippen LogP contribution in [0.25, 0.3) is 0 Å². The second-order valence-corrected chi connectivity index (χ2v) is 4.92. The van der Waals surface area contributed by atoms with E-state index in [0.717, 1.165) is 26.2 Å². The van der Waals surface area contributed by atoms with Gasteiger partial charge in [0.05, 0.1) is 6.61 Å². The Morgan fingerprint density at radius 1 is 1.35 bits per heavy atom. The molecule has 1 aromatic carbocycles. The molecule has 94 valence electrons. The van der Waals surface area contributed by atoms with Crippen molar-refractivity contribution in [2.75, 3.05) is 13.2 Å². The van der Waals surface area contributed by atoms with Crippen LogP contribution < -0.4 is 5.32 Å². The summed E-state index contributed by atoms with van der Waals surface area (Å²) in [4.78, 5) is 0. The third-order valence-electron chi connectivity index (χ3n) is 3.79. The van der Waals surface area contributed by atoms with E-state index >= 15 is 0 Å². The number of rotatable bonds is 5. The highest BCUT2D eigenvalue weighted by Gasteiger charge is 2.21. The van der Waals surface area contributed by atoms with Gasteiger partial charge in [-0.3, -0.25) is 0 Å². The summed E-state index contributed by atoms with van der Waals surface area (Å²) in [7, 11) is 0. The number of hydrogen-bond donors (Lipinski definition) is 1. The average molecular weight is 233 g/mol. The maximum absolute atomic E-state index is 5.44. The van der Waals surface area contributed by atoms with Crippen molar-refractivity contribution in [3.63, 3.8) is 0 Å². The van der Waals surface area contributed by atoms with Gasteiger partial charge in [0, 0.05) is 19.2 Å². The Morgan fingerprint density at radius 3 is 2.76 bits per heavy atom. The molecule has 1 fully saturated rings. The minimum Gasteiger partial charge on any atom is -0.381 e. The summed E-state index contributed by atoms with van der Waals surface area (Å²) in [5, 5.41) is 3.64. The number of hydrogen-bond acceptors (Lipinski definition) is 2. The normalized spacial score (nSPS) is 21.6. The largest absolute Gasteiger partial charge is 0.381 e. The van der Waals surface area contributed by atoms with Gasteiger partial charge in [0.2, 0.25) is 0 Å². The van der Waals surface area contributed by atoms with Crippen molar-refractivity contribution in [2.45, 2.75) is 39.3 Å². The van der Waals surface area contributed by atoms with Crippen molar-refractivity contribution < 1.29 is 4.74 Å². The van der Waals surface area contributed by atoms with Gasteiger partial charge in [-0.2, -0.15) is 0 Å². The Hall–Kier alpha value is -0.860. The summed E-state index contributed by atoms with van der Waals surface area (Å²) in [6.07, 6.45) is 2.31. The lowest BCUT2D eigenvalue weighted by atomic mass is 9.99. The molecule has 1 aliphatic heterocycles. The van der Waals surface area contributed by atoms with Crippen molar-refractivity contribution in [1.29, 1.82) is 0 Å². The third kappa shape index (κ3) is 3.30. The van der Waals surface area contributed by atoms with Gasteiger partial charge >= 0.3 is 0 Å². The molecule has 1 aromatic rings. The maximum Gasteiger partial charge on any atom is 0.0509 e. The third-order valence-corrected chi connectivity index (χ3v) is 3.79. The number of aryl methyl sites for hydroxylation is 1. The van der Waals surface area contributed by atoms with Crippen LogP contribution in [0.1, 0.15) is 31.4 Å². The molecule has 2 heteroatoms. The van der Waals surface area contributed by atoms with Gasteiger partial charge in [-0.1, -0.05) is 31.2 Å². The highest BCUT2D eigenvalue weighted by atomic mass is 16.5. The van der Waals surface area contributed by atoms with E-state index in [1.807, 2.05) is 0 Å². The van der Waals surface area contributed by atoms with Crippen LogP contribution in [-0.4, -0.2) is 19.3 Å². The van der Waals surface area contributed by atoms with Crippen LogP contribution in [0.4, 0.5) is 0 Å². The standard InChI is InChI=1S/C15H23NO/c1-3-13-6-4-5-7-14(13)10-16-12(2)15-8-9-17-11-15/h4-7,12,15-16H,3,8-11H2,1-2H3. The van der Waals surface area contributed by atoms with Crippen LogP contribution >= 0.6 is 0 Å². The van der Waals surface area contributed by atoms with E-state index in [0.29, 0.717) is 12.0 Å². The smallest absolute Gasteiger partial charge is 0.0509 e. The lowest BCUT2D eigenvalue weighted by Crippen LogP contribution is -2.33. The molecule has 0 amide bonds. The van der Waals surface area contributed by atoms with Crippen LogP contribution in [0.2, 0.25) is 0 Å². The molecule has 2 unspecified atom stereocenters. The molecule has 2 atom stereocenters. The Labute approximate surface area is 104 Å². The van der Waals surface area contributed by atoms with Crippen molar-refractivity contribution >= 4 is 0 Å². The maximum atomic E-state index is 5.44. The SMILES string of the molecule is CCc1ccccc1CNC(C)C1CCOC1. The zero-order valence-electron chi connectivity index (χ0n) is 10.9. The van der Waals surface area contributed by atoms with E-state index in [2.05, 4.69) is 43.4 Å². The summed E-state index contributed by atoms with van der Waals surface area (Å²) >= 11 is 0. The second kappa shape index (κ2) is 6.18. The fourth-order valence-corrected chi connectivity index (χ4v) is 2.46. The fraction of sp³-hybridized carbons (Fsp3) is 0.600. The molecule has 0 saturated carbocycles. The van der Waals surface area contributed by atoms with Gasteiger partial charge in [-0.15, -0.1) is 0 Å². The molecule has 1 heterocycles. The number of nitrogens with one attached hydrogen (secondary N) is 1. The Morgan fingerprint density at radius 2 is 2.12 bits per heavy atom. The van der Waals surface area contributed by atoms with Crippen molar-refractivity contribution in [2.24, 2.45) is 5.92 Å².